The zero-order valence-corrected chi connectivity index (χ0v) is 22.6. The Labute approximate surface area is 222 Å². The molecule has 1 saturated heterocycles. The van der Waals surface area contributed by atoms with Gasteiger partial charge in [-0.1, -0.05) is 86.1 Å². The number of carbonyl (C=O) groups is 1. The Morgan fingerprint density at radius 1 is 0.853 bits per heavy atom. The number of benzene rings is 3. The number of aromatic nitrogens is 1. The molecule has 0 radical (unpaired) electrons. The highest BCUT2D eigenvalue weighted by molar-refractivity contribution is 9.10. The first-order valence-electron chi connectivity index (χ1n) is 10.4. The van der Waals surface area contributed by atoms with Crippen LogP contribution < -0.4 is 4.80 Å². The van der Waals surface area contributed by atoms with E-state index >= 15 is 0 Å². The fraction of sp³-hybridized carbons (Fsp3) is 0.0800. The molecule has 34 heavy (non-hydrogen) atoms. The number of amidine groups is 1. The van der Waals surface area contributed by atoms with Crippen LogP contribution in [0.1, 0.15) is 5.56 Å². The van der Waals surface area contributed by atoms with E-state index in [1.165, 1.54) is 23.1 Å². The maximum absolute atomic E-state index is 12.5. The topological polar surface area (TPSA) is 50.0 Å². The van der Waals surface area contributed by atoms with Crippen LogP contribution in [0.4, 0.5) is 4.79 Å². The summed E-state index contributed by atoms with van der Waals surface area (Å²) in [5, 5.41) is 11.2. The first-order chi connectivity index (χ1) is 16.6. The van der Waals surface area contributed by atoms with E-state index in [4.69, 9.17) is 0 Å². The van der Waals surface area contributed by atoms with Gasteiger partial charge in [-0.15, -0.1) is 21.5 Å². The fourth-order valence-electron chi connectivity index (χ4n) is 3.54. The molecular formula is C25H18Br2N4OS2. The molecule has 0 saturated carbocycles. The lowest BCUT2D eigenvalue weighted by Crippen LogP contribution is -2.28. The van der Waals surface area contributed by atoms with Crippen molar-refractivity contribution in [2.45, 2.75) is 6.54 Å². The van der Waals surface area contributed by atoms with Crippen LogP contribution >= 0.6 is 55.0 Å². The van der Waals surface area contributed by atoms with E-state index in [0.29, 0.717) is 18.1 Å². The van der Waals surface area contributed by atoms with Crippen molar-refractivity contribution in [1.82, 2.24) is 9.47 Å². The van der Waals surface area contributed by atoms with Gasteiger partial charge in [-0.25, -0.2) is 0 Å². The molecule has 1 aliphatic rings. The number of amides is 1. The zero-order valence-electron chi connectivity index (χ0n) is 17.8. The molecule has 0 N–H and O–H groups in total. The molecule has 0 unspecified atom stereocenters. The molecule has 5 nitrogen and oxygen atoms in total. The maximum atomic E-state index is 12.5. The van der Waals surface area contributed by atoms with Gasteiger partial charge >= 0.3 is 0 Å². The van der Waals surface area contributed by atoms with Crippen LogP contribution in [-0.4, -0.2) is 26.3 Å². The number of hydrogen-bond donors (Lipinski definition) is 0. The lowest BCUT2D eigenvalue weighted by atomic mass is 10.1. The number of carbonyl (C=O) groups excluding carboxylic acids is 1. The summed E-state index contributed by atoms with van der Waals surface area (Å²) in [5.74, 6) is 1.18. The molecule has 0 spiro atoms. The number of rotatable bonds is 5. The number of thiazole rings is 1. The molecule has 1 aliphatic heterocycles. The quantitative estimate of drug-likeness (QED) is 0.222. The summed E-state index contributed by atoms with van der Waals surface area (Å²) in [7, 11) is 0. The summed E-state index contributed by atoms with van der Waals surface area (Å²) >= 11 is 9.80. The summed E-state index contributed by atoms with van der Waals surface area (Å²) in [6.07, 6.45) is 0. The minimum atomic E-state index is 0.000297. The van der Waals surface area contributed by atoms with Gasteiger partial charge in [0.05, 0.1) is 18.0 Å². The highest BCUT2D eigenvalue weighted by atomic mass is 79.9. The summed E-state index contributed by atoms with van der Waals surface area (Å²) in [6, 6.07) is 26.2. The monoisotopic (exact) mass is 612 g/mol. The van der Waals surface area contributed by atoms with Crippen LogP contribution in [0.2, 0.25) is 0 Å². The van der Waals surface area contributed by atoms with Gasteiger partial charge < -0.3 is 0 Å². The second kappa shape index (κ2) is 10.4. The third-order valence-corrected chi connectivity index (χ3v) is 7.97. The van der Waals surface area contributed by atoms with Gasteiger partial charge in [0.1, 0.15) is 5.84 Å². The Kier molecular flexibility index (Phi) is 7.15. The van der Waals surface area contributed by atoms with Crippen molar-refractivity contribution in [3.63, 3.8) is 0 Å². The lowest BCUT2D eigenvalue weighted by Gasteiger charge is -2.15. The number of halogens is 2. The van der Waals surface area contributed by atoms with Crippen LogP contribution in [0.15, 0.2) is 103 Å². The molecule has 2 heterocycles. The molecule has 0 bridgehead atoms. The van der Waals surface area contributed by atoms with Gasteiger partial charge in [0.25, 0.3) is 5.24 Å². The first-order valence-corrected chi connectivity index (χ1v) is 13.8. The SMILES string of the molecule is O=C1SC/C(=N\N=c2\scc(-c3ccc(Br)cc3)n2-c2ccc(Br)cc2)N1Cc1ccccc1. The van der Waals surface area contributed by atoms with Crippen LogP contribution in [0.3, 0.4) is 0 Å². The van der Waals surface area contributed by atoms with Crippen molar-refractivity contribution < 1.29 is 4.79 Å². The van der Waals surface area contributed by atoms with E-state index < -0.39 is 0 Å². The third-order valence-electron chi connectivity index (χ3n) is 5.22. The predicted octanol–water partition coefficient (Wildman–Crippen LogP) is 7.31. The molecule has 3 aromatic carbocycles. The van der Waals surface area contributed by atoms with E-state index in [-0.39, 0.29) is 5.24 Å². The predicted molar refractivity (Wildman–Crippen MR) is 147 cm³/mol. The summed E-state index contributed by atoms with van der Waals surface area (Å²) in [4.78, 5) is 14.9. The summed E-state index contributed by atoms with van der Waals surface area (Å²) < 4.78 is 4.13. The highest BCUT2D eigenvalue weighted by Gasteiger charge is 2.28. The van der Waals surface area contributed by atoms with E-state index in [9.17, 15) is 4.79 Å². The number of hydrogen-bond acceptors (Lipinski definition) is 5. The Bertz CT molecular complexity index is 1410. The zero-order chi connectivity index (χ0) is 23.5. The van der Waals surface area contributed by atoms with Crippen LogP contribution in [0.25, 0.3) is 16.9 Å². The molecular weight excluding hydrogens is 596 g/mol. The number of thioether (sulfide) groups is 1. The Morgan fingerprint density at radius 2 is 1.53 bits per heavy atom. The van der Waals surface area contributed by atoms with Gasteiger partial charge in [-0.05, 0) is 47.5 Å². The third kappa shape index (κ3) is 5.12. The Hall–Kier alpha value is -2.46. The minimum Gasteiger partial charge on any atom is -0.284 e. The van der Waals surface area contributed by atoms with Crippen LogP contribution in [-0.2, 0) is 6.54 Å². The molecule has 1 aromatic heterocycles. The van der Waals surface area contributed by atoms with Crippen molar-refractivity contribution in [1.29, 1.82) is 0 Å². The highest BCUT2D eigenvalue weighted by Crippen LogP contribution is 2.26. The van der Waals surface area contributed by atoms with Crippen molar-refractivity contribution in [2.24, 2.45) is 10.2 Å². The van der Waals surface area contributed by atoms with Crippen molar-refractivity contribution >= 4 is 66.0 Å². The molecule has 4 aromatic rings. The summed E-state index contributed by atoms with van der Waals surface area (Å²) in [5.41, 5.74) is 4.15. The van der Waals surface area contributed by atoms with E-state index in [1.807, 2.05) is 66.7 Å². The van der Waals surface area contributed by atoms with Gasteiger partial charge in [0.2, 0.25) is 4.80 Å². The lowest BCUT2D eigenvalue weighted by molar-refractivity contribution is 0.244. The molecule has 0 atom stereocenters. The molecule has 5 rings (SSSR count). The molecule has 0 aliphatic carbocycles. The largest absolute Gasteiger partial charge is 0.287 e. The van der Waals surface area contributed by atoms with Crippen molar-refractivity contribution in [2.75, 3.05) is 5.75 Å². The van der Waals surface area contributed by atoms with Crippen molar-refractivity contribution in [3.8, 4) is 16.9 Å². The molecule has 1 fully saturated rings. The second-order valence-corrected chi connectivity index (χ2v) is 11.1. The van der Waals surface area contributed by atoms with E-state index in [1.54, 1.807) is 4.90 Å². The fourth-order valence-corrected chi connectivity index (χ4v) is 5.71. The minimum absolute atomic E-state index is 0.000297. The summed E-state index contributed by atoms with van der Waals surface area (Å²) in [6.45, 7) is 0.488. The normalized spacial score (nSPS) is 15.5. The van der Waals surface area contributed by atoms with E-state index in [0.717, 1.165) is 36.3 Å². The van der Waals surface area contributed by atoms with Gasteiger partial charge in [0.15, 0.2) is 0 Å². The molecule has 1 amide bonds. The smallest absolute Gasteiger partial charge is 0.284 e. The average Bonchev–Trinajstić information content (AvgIpc) is 3.43. The molecule has 170 valence electrons. The Morgan fingerprint density at radius 3 is 2.24 bits per heavy atom. The number of nitrogens with zero attached hydrogens (tertiary/aromatic N) is 4. The van der Waals surface area contributed by atoms with Crippen molar-refractivity contribution in [3.05, 3.63) is 104 Å². The molecule has 9 heteroatoms. The van der Waals surface area contributed by atoms with E-state index in [2.05, 4.69) is 64.1 Å². The standard InChI is InChI=1S/C25H18Br2N4OS2/c26-19-8-6-18(7-9-19)22-15-33-24(31(22)21-12-10-20(27)11-13-21)29-28-23-16-34-25(32)30(23)14-17-4-2-1-3-5-17/h1-13,15H,14,16H2/b28-23+,29-24+. The van der Waals surface area contributed by atoms with Gasteiger partial charge in [-0.2, -0.15) is 0 Å². The van der Waals surface area contributed by atoms with Gasteiger partial charge in [-0.3, -0.25) is 14.3 Å². The van der Waals surface area contributed by atoms with Crippen LogP contribution in [0.5, 0.6) is 0 Å². The van der Waals surface area contributed by atoms with Gasteiger partial charge in [0, 0.05) is 20.0 Å². The first kappa shape index (κ1) is 23.3. The Balaban J connectivity index is 1.57. The van der Waals surface area contributed by atoms with Crippen LogP contribution in [0, 0.1) is 0 Å². The maximum Gasteiger partial charge on any atom is 0.287 e. The second-order valence-electron chi connectivity index (χ2n) is 7.46. The average molecular weight is 614 g/mol.